The number of nitrogens with one attached hydrogen (secondary N) is 1. The monoisotopic (exact) mass is 474 g/mol. The second-order valence-corrected chi connectivity index (χ2v) is 8.04. The van der Waals surface area contributed by atoms with E-state index in [4.69, 9.17) is 26.4 Å². The Morgan fingerprint density at radius 2 is 1.68 bits per heavy atom. The van der Waals surface area contributed by atoms with E-state index in [1.807, 2.05) is 80.6 Å². The molecule has 0 aliphatic carbocycles. The third kappa shape index (κ3) is 4.89. The molecule has 3 aromatic carbocycles. The topological polar surface area (TPSA) is 60.0 Å². The van der Waals surface area contributed by atoms with Crippen molar-refractivity contribution >= 4 is 35.0 Å². The van der Waals surface area contributed by atoms with Gasteiger partial charge < -0.3 is 19.5 Å². The van der Waals surface area contributed by atoms with Crippen LogP contribution >= 0.6 is 12.2 Å². The molecule has 1 aliphatic rings. The largest absolute Gasteiger partial charge is 0.496 e. The fraction of sp³-hybridized carbons (Fsp3) is 0.185. The summed E-state index contributed by atoms with van der Waals surface area (Å²) in [5.41, 5.74) is 3.81. The van der Waals surface area contributed by atoms with Crippen molar-refractivity contribution in [1.82, 2.24) is 5.32 Å². The van der Waals surface area contributed by atoms with E-state index in [1.54, 1.807) is 13.2 Å². The fourth-order valence-electron chi connectivity index (χ4n) is 3.74. The van der Waals surface area contributed by atoms with Crippen LogP contribution in [0.25, 0.3) is 6.08 Å². The molecule has 1 aliphatic heterocycles. The molecule has 1 heterocycles. The number of para-hydroxylation sites is 3. The molecule has 174 valence electrons. The summed E-state index contributed by atoms with van der Waals surface area (Å²) in [6, 6.07) is 20.9. The highest BCUT2D eigenvalue weighted by atomic mass is 32.1. The highest BCUT2D eigenvalue weighted by Crippen LogP contribution is 2.30. The van der Waals surface area contributed by atoms with Crippen LogP contribution in [0.2, 0.25) is 0 Å². The van der Waals surface area contributed by atoms with E-state index in [1.165, 1.54) is 4.90 Å². The van der Waals surface area contributed by atoms with Crippen LogP contribution in [0.1, 0.15) is 23.6 Å². The van der Waals surface area contributed by atoms with E-state index < -0.39 is 0 Å². The van der Waals surface area contributed by atoms with Crippen molar-refractivity contribution in [3.63, 3.8) is 0 Å². The summed E-state index contributed by atoms with van der Waals surface area (Å²) in [6.07, 6.45) is 1.78. The SMILES string of the molecule is CCOc1ccccc1OCc1cc(/C=C2/NC(=S)N(c3ccccc3C)C2=O)ccc1OC. The smallest absolute Gasteiger partial charge is 0.281 e. The first-order valence-electron chi connectivity index (χ1n) is 11.0. The van der Waals surface area contributed by atoms with Gasteiger partial charge in [-0.25, -0.2) is 0 Å². The number of aryl methyl sites for hydroxylation is 1. The number of benzene rings is 3. The molecule has 0 saturated carbocycles. The third-order valence-electron chi connectivity index (χ3n) is 5.38. The number of rotatable bonds is 8. The van der Waals surface area contributed by atoms with Crippen LogP contribution in [0.15, 0.2) is 72.4 Å². The number of hydrogen-bond donors (Lipinski definition) is 1. The summed E-state index contributed by atoms with van der Waals surface area (Å²) in [4.78, 5) is 14.7. The summed E-state index contributed by atoms with van der Waals surface area (Å²) < 4.78 is 17.2. The maximum Gasteiger partial charge on any atom is 0.281 e. The van der Waals surface area contributed by atoms with E-state index in [0.717, 1.165) is 22.4 Å². The molecule has 1 amide bonds. The van der Waals surface area contributed by atoms with E-state index >= 15 is 0 Å². The van der Waals surface area contributed by atoms with Gasteiger partial charge in [-0.1, -0.05) is 36.4 Å². The second-order valence-electron chi connectivity index (χ2n) is 7.65. The number of methoxy groups -OCH3 is 1. The molecule has 0 atom stereocenters. The Hall–Kier alpha value is -3.84. The molecular formula is C27H26N2O4S. The van der Waals surface area contributed by atoms with Gasteiger partial charge in [-0.15, -0.1) is 0 Å². The van der Waals surface area contributed by atoms with Crippen molar-refractivity contribution in [2.24, 2.45) is 0 Å². The quantitative estimate of drug-likeness (QED) is 0.356. The average molecular weight is 475 g/mol. The summed E-state index contributed by atoms with van der Waals surface area (Å²) in [5, 5.41) is 3.40. The van der Waals surface area contributed by atoms with Gasteiger partial charge in [0.25, 0.3) is 5.91 Å². The number of hydrogen-bond acceptors (Lipinski definition) is 5. The predicted molar refractivity (Wildman–Crippen MR) is 137 cm³/mol. The number of amides is 1. The minimum Gasteiger partial charge on any atom is -0.496 e. The minimum atomic E-state index is -0.196. The normalized spacial score (nSPS) is 14.3. The average Bonchev–Trinajstić information content (AvgIpc) is 3.11. The molecule has 6 nitrogen and oxygen atoms in total. The summed E-state index contributed by atoms with van der Waals surface area (Å²) >= 11 is 5.45. The van der Waals surface area contributed by atoms with Crippen LogP contribution in [0.4, 0.5) is 5.69 Å². The van der Waals surface area contributed by atoms with Gasteiger partial charge in [0.1, 0.15) is 18.1 Å². The lowest BCUT2D eigenvalue weighted by Crippen LogP contribution is -2.30. The summed E-state index contributed by atoms with van der Waals surface area (Å²) in [5.74, 6) is 1.84. The van der Waals surface area contributed by atoms with Crippen LogP contribution in [0.3, 0.4) is 0 Å². The number of carbonyl (C=O) groups excluding carboxylic acids is 1. The van der Waals surface area contributed by atoms with Gasteiger partial charge in [-0.3, -0.25) is 9.69 Å². The van der Waals surface area contributed by atoms with Crippen LogP contribution < -0.4 is 24.4 Å². The first kappa shape index (κ1) is 23.3. The van der Waals surface area contributed by atoms with Crippen LogP contribution in [-0.4, -0.2) is 24.7 Å². The Bertz CT molecular complexity index is 1250. The Kier molecular flexibility index (Phi) is 7.13. The van der Waals surface area contributed by atoms with Crippen LogP contribution in [-0.2, 0) is 11.4 Å². The highest BCUT2D eigenvalue weighted by molar-refractivity contribution is 7.80. The van der Waals surface area contributed by atoms with Gasteiger partial charge in [0.2, 0.25) is 0 Å². The molecule has 0 radical (unpaired) electrons. The predicted octanol–water partition coefficient (Wildman–Crippen LogP) is 5.24. The van der Waals surface area contributed by atoms with Gasteiger partial charge >= 0.3 is 0 Å². The molecule has 4 rings (SSSR count). The molecular weight excluding hydrogens is 448 g/mol. The summed E-state index contributed by atoms with van der Waals surface area (Å²) in [6.45, 7) is 4.71. The fourth-order valence-corrected chi connectivity index (χ4v) is 4.03. The number of nitrogens with zero attached hydrogens (tertiary/aromatic N) is 1. The molecule has 7 heteroatoms. The van der Waals surface area contributed by atoms with Crippen molar-refractivity contribution in [3.8, 4) is 17.2 Å². The molecule has 34 heavy (non-hydrogen) atoms. The molecule has 1 fully saturated rings. The molecule has 0 spiro atoms. The minimum absolute atomic E-state index is 0.196. The number of anilines is 1. The van der Waals surface area contributed by atoms with Crippen molar-refractivity contribution in [3.05, 3.63) is 89.1 Å². The first-order valence-corrected chi connectivity index (χ1v) is 11.4. The van der Waals surface area contributed by atoms with Gasteiger partial charge in [-0.05, 0) is 73.6 Å². The van der Waals surface area contributed by atoms with Crippen molar-refractivity contribution in [1.29, 1.82) is 0 Å². The second kappa shape index (κ2) is 10.4. The Balaban J connectivity index is 1.58. The molecule has 0 bridgehead atoms. The lowest BCUT2D eigenvalue weighted by atomic mass is 10.1. The van der Waals surface area contributed by atoms with E-state index in [2.05, 4.69) is 5.32 Å². The number of carbonyl (C=O) groups is 1. The van der Waals surface area contributed by atoms with Crippen LogP contribution in [0.5, 0.6) is 17.2 Å². The molecule has 0 unspecified atom stereocenters. The number of ether oxygens (including phenoxy) is 3. The van der Waals surface area contributed by atoms with Gasteiger partial charge in [0.05, 0.1) is 19.4 Å². The molecule has 1 N–H and O–H groups in total. The number of thiocarbonyl (C=S) groups is 1. The van der Waals surface area contributed by atoms with E-state index in [-0.39, 0.29) is 12.5 Å². The maximum atomic E-state index is 13.1. The third-order valence-corrected chi connectivity index (χ3v) is 5.67. The zero-order valence-electron chi connectivity index (χ0n) is 19.3. The van der Waals surface area contributed by atoms with Crippen molar-refractivity contribution in [2.45, 2.75) is 20.5 Å². The Morgan fingerprint density at radius 3 is 2.38 bits per heavy atom. The first-order chi connectivity index (χ1) is 16.5. The van der Waals surface area contributed by atoms with Gasteiger partial charge in [-0.2, -0.15) is 0 Å². The molecule has 1 saturated heterocycles. The van der Waals surface area contributed by atoms with Crippen molar-refractivity contribution < 1.29 is 19.0 Å². The molecule has 0 aromatic heterocycles. The maximum absolute atomic E-state index is 13.1. The zero-order chi connectivity index (χ0) is 24.1. The van der Waals surface area contributed by atoms with Crippen molar-refractivity contribution in [2.75, 3.05) is 18.6 Å². The molecule has 3 aromatic rings. The lowest BCUT2D eigenvalue weighted by Gasteiger charge is -2.16. The highest BCUT2D eigenvalue weighted by Gasteiger charge is 2.32. The lowest BCUT2D eigenvalue weighted by molar-refractivity contribution is -0.113. The standard InChI is InChI=1S/C27H26N2O4S/c1-4-32-24-11-7-8-12-25(24)33-17-20-15-19(13-14-23(20)31-3)16-21-26(30)29(27(34)28-21)22-10-6-5-9-18(22)2/h5-16H,4,17H2,1-3H3,(H,28,34)/b21-16+. The Labute approximate surface area is 204 Å². The zero-order valence-corrected chi connectivity index (χ0v) is 20.1. The van der Waals surface area contributed by atoms with E-state index in [0.29, 0.717) is 34.7 Å². The van der Waals surface area contributed by atoms with Gasteiger partial charge in [0, 0.05) is 5.56 Å². The summed E-state index contributed by atoms with van der Waals surface area (Å²) in [7, 11) is 1.62. The Morgan fingerprint density at radius 1 is 0.971 bits per heavy atom. The van der Waals surface area contributed by atoms with E-state index in [9.17, 15) is 4.79 Å². The van der Waals surface area contributed by atoms with Gasteiger partial charge in [0.15, 0.2) is 16.6 Å². The van der Waals surface area contributed by atoms with Crippen LogP contribution in [0, 0.1) is 6.92 Å².